The van der Waals surface area contributed by atoms with Crippen LogP contribution in [-0.2, 0) is 0 Å². The minimum atomic E-state index is 0. The molecule has 2 aliphatic carbocycles. The largest absolute Gasteiger partial charge is 0.391 e. The van der Waals surface area contributed by atoms with Crippen LogP contribution in [0.15, 0.2) is 0 Å². The number of nitrogens with one attached hydrogen (secondary N) is 1. The molecule has 5 unspecified atom stereocenters. The van der Waals surface area contributed by atoms with Gasteiger partial charge in [-0.25, -0.2) is 0 Å². The van der Waals surface area contributed by atoms with Crippen molar-refractivity contribution >= 4 is 12.4 Å². The fraction of sp³-hybridized carbons (Fsp3) is 1.00. The summed E-state index contributed by atoms with van der Waals surface area (Å²) in [4.78, 5) is 2.66. The number of nitrogens with zero attached hydrogens (tertiary/aromatic N) is 1. The molecule has 0 radical (unpaired) electrons. The Kier molecular flexibility index (Phi) is 3.61. The van der Waals surface area contributed by atoms with Crippen molar-refractivity contribution in [1.82, 2.24) is 10.2 Å². The Morgan fingerprint density at radius 2 is 1.89 bits per heavy atom. The maximum Gasteiger partial charge on any atom is 0.0726 e. The van der Waals surface area contributed by atoms with Gasteiger partial charge >= 0.3 is 0 Å². The van der Waals surface area contributed by atoms with E-state index in [1.165, 1.54) is 51.9 Å². The van der Waals surface area contributed by atoms with Crippen LogP contribution >= 0.6 is 12.4 Å². The highest BCUT2D eigenvalue weighted by Gasteiger charge is 2.58. The van der Waals surface area contributed by atoms with Crippen molar-refractivity contribution in [2.75, 3.05) is 26.2 Å². The van der Waals surface area contributed by atoms with Crippen LogP contribution in [0.25, 0.3) is 0 Å². The van der Waals surface area contributed by atoms with E-state index in [4.69, 9.17) is 0 Å². The second-order valence-electron chi connectivity index (χ2n) is 6.78. The zero-order valence-electron chi connectivity index (χ0n) is 10.9. The van der Waals surface area contributed by atoms with Crippen LogP contribution in [0.2, 0.25) is 0 Å². The van der Waals surface area contributed by atoms with Crippen LogP contribution in [0.1, 0.15) is 25.7 Å². The molecule has 2 bridgehead atoms. The molecule has 0 aromatic carbocycles. The van der Waals surface area contributed by atoms with E-state index in [2.05, 4.69) is 10.2 Å². The van der Waals surface area contributed by atoms with Crippen LogP contribution < -0.4 is 5.32 Å². The summed E-state index contributed by atoms with van der Waals surface area (Å²) in [6.07, 6.45) is 5.29. The number of hydrogen-bond acceptors (Lipinski definition) is 3. The lowest BCUT2D eigenvalue weighted by atomic mass is 9.88. The molecule has 2 heterocycles. The third-order valence-electron chi connectivity index (χ3n) is 5.90. The average molecular weight is 273 g/mol. The SMILES string of the molecule is Cl.OC1C2CC3CN(CC4CCNCC4)C1C3C2. The smallest absolute Gasteiger partial charge is 0.0726 e. The van der Waals surface area contributed by atoms with E-state index in [-0.39, 0.29) is 18.5 Å². The lowest BCUT2D eigenvalue weighted by Crippen LogP contribution is -2.44. The summed E-state index contributed by atoms with van der Waals surface area (Å²) in [5, 5.41) is 13.8. The van der Waals surface area contributed by atoms with E-state index in [1.807, 2.05) is 0 Å². The van der Waals surface area contributed by atoms with Gasteiger partial charge in [-0.3, -0.25) is 4.90 Å². The molecule has 0 aromatic heterocycles. The number of piperidine rings is 1. The Morgan fingerprint density at radius 3 is 2.61 bits per heavy atom. The maximum absolute atomic E-state index is 10.4. The number of halogens is 1. The zero-order chi connectivity index (χ0) is 11.4. The van der Waals surface area contributed by atoms with Crippen LogP contribution in [0, 0.1) is 23.7 Å². The van der Waals surface area contributed by atoms with Gasteiger partial charge in [-0.15, -0.1) is 12.4 Å². The van der Waals surface area contributed by atoms with Crippen molar-refractivity contribution in [3.05, 3.63) is 0 Å². The summed E-state index contributed by atoms with van der Waals surface area (Å²) in [5.41, 5.74) is 0. The lowest BCUT2D eigenvalue weighted by Gasteiger charge is -2.33. The number of likely N-dealkylation sites (tertiary alicyclic amines) is 1. The molecule has 5 atom stereocenters. The molecule has 2 saturated carbocycles. The molecule has 0 amide bonds. The number of fused-ring (bicyclic) bond motifs is 1. The monoisotopic (exact) mass is 272 g/mol. The van der Waals surface area contributed by atoms with Crippen molar-refractivity contribution in [1.29, 1.82) is 0 Å². The van der Waals surface area contributed by atoms with Crippen molar-refractivity contribution in [2.24, 2.45) is 23.7 Å². The lowest BCUT2D eigenvalue weighted by molar-refractivity contribution is 0.0437. The molecule has 18 heavy (non-hydrogen) atoms. The molecule has 3 nitrogen and oxygen atoms in total. The normalized spacial score (nSPS) is 47.5. The molecule has 0 spiro atoms. The third-order valence-corrected chi connectivity index (χ3v) is 5.90. The minimum absolute atomic E-state index is 0. The highest BCUT2D eigenvalue weighted by Crippen LogP contribution is 2.55. The molecule has 4 fully saturated rings. The minimum Gasteiger partial charge on any atom is -0.391 e. The van der Waals surface area contributed by atoms with Crippen LogP contribution in [0.3, 0.4) is 0 Å². The van der Waals surface area contributed by atoms with Gasteiger partial charge in [0.05, 0.1) is 6.10 Å². The van der Waals surface area contributed by atoms with Crippen molar-refractivity contribution in [2.45, 2.75) is 37.8 Å². The van der Waals surface area contributed by atoms with E-state index >= 15 is 0 Å². The van der Waals surface area contributed by atoms with E-state index in [0.29, 0.717) is 12.0 Å². The predicted molar refractivity (Wildman–Crippen MR) is 73.9 cm³/mol. The summed E-state index contributed by atoms with van der Waals surface area (Å²) < 4.78 is 0. The Bertz CT molecular complexity index is 306. The van der Waals surface area contributed by atoms with E-state index in [9.17, 15) is 5.11 Å². The van der Waals surface area contributed by atoms with Crippen molar-refractivity contribution in [3.8, 4) is 0 Å². The van der Waals surface area contributed by atoms with Crippen molar-refractivity contribution < 1.29 is 5.11 Å². The number of aliphatic hydroxyl groups excluding tert-OH is 1. The summed E-state index contributed by atoms with van der Waals surface area (Å²) in [7, 11) is 0. The van der Waals surface area contributed by atoms with Gasteiger partial charge in [-0.05, 0) is 62.4 Å². The van der Waals surface area contributed by atoms with Gasteiger partial charge in [0.25, 0.3) is 0 Å². The molecular formula is C14H25ClN2O. The van der Waals surface area contributed by atoms with E-state index < -0.39 is 0 Å². The molecular weight excluding hydrogens is 248 g/mol. The molecule has 104 valence electrons. The second-order valence-corrected chi connectivity index (χ2v) is 6.78. The summed E-state index contributed by atoms with van der Waals surface area (Å²) in [6.45, 7) is 4.93. The first kappa shape index (κ1) is 13.2. The second kappa shape index (κ2) is 4.93. The van der Waals surface area contributed by atoms with E-state index in [1.54, 1.807) is 0 Å². The molecule has 2 N–H and O–H groups in total. The van der Waals surface area contributed by atoms with Gasteiger partial charge in [0.2, 0.25) is 0 Å². The first-order valence-electron chi connectivity index (χ1n) is 7.46. The van der Waals surface area contributed by atoms with Crippen LogP contribution in [0.4, 0.5) is 0 Å². The Labute approximate surface area is 116 Å². The highest BCUT2D eigenvalue weighted by atomic mass is 35.5. The first-order valence-corrected chi connectivity index (χ1v) is 7.46. The topological polar surface area (TPSA) is 35.5 Å². The number of hydrogen-bond donors (Lipinski definition) is 2. The Morgan fingerprint density at radius 1 is 1.11 bits per heavy atom. The molecule has 2 aliphatic heterocycles. The molecule has 0 aromatic rings. The van der Waals surface area contributed by atoms with Crippen LogP contribution in [0.5, 0.6) is 0 Å². The average Bonchev–Trinajstić information content (AvgIpc) is 2.92. The zero-order valence-corrected chi connectivity index (χ0v) is 11.7. The predicted octanol–water partition coefficient (Wildman–Crippen LogP) is 1.11. The van der Waals surface area contributed by atoms with Gasteiger partial charge in [0.1, 0.15) is 0 Å². The molecule has 2 saturated heterocycles. The van der Waals surface area contributed by atoms with Gasteiger partial charge in [-0.1, -0.05) is 0 Å². The Hall–Kier alpha value is 0.170. The standard InChI is InChI=1S/C14H24N2O.ClH/c17-14-10-5-11-8-16(13(14)12(11)6-10)7-9-1-3-15-4-2-9;/h9-15,17H,1-8H2;1H. The molecule has 4 rings (SSSR count). The number of rotatable bonds is 2. The first-order chi connectivity index (χ1) is 8.33. The number of aliphatic hydroxyl groups is 1. The van der Waals surface area contributed by atoms with E-state index in [0.717, 1.165) is 17.8 Å². The van der Waals surface area contributed by atoms with Gasteiger partial charge < -0.3 is 10.4 Å². The summed E-state index contributed by atoms with van der Waals surface area (Å²) in [5.74, 6) is 3.29. The molecule has 4 heteroatoms. The van der Waals surface area contributed by atoms with Gasteiger partial charge in [-0.2, -0.15) is 0 Å². The molecule has 4 aliphatic rings. The van der Waals surface area contributed by atoms with Gasteiger partial charge in [0.15, 0.2) is 0 Å². The Balaban J connectivity index is 0.000001000. The highest BCUT2D eigenvalue weighted by molar-refractivity contribution is 5.85. The van der Waals surface area contributed by atoms with Crippen LogP contribution in [-0.4, -0.2) is 48.3 Å². The summed E-state index contributed by atoms with van der Waals surface area (Å²) in [6, 6.07) is 0.536. The third kappa shape index (κ3) is 1.91. The van der Waals surface area contributed by atoms with Gasteiger partial charge in [0, 0.05) is 19.1 Å². The fourth-order valence-electron chi connectivity index (χ4n) is 5.14. The quantitative estimate of drug-likeness (QED) is 0.791. The fourth-order valence-corrected chi connectivity index (χ4v) is 5.14. The van der Waals surface area contributed by atoms with Crippen molar-refractivity contribution in [3.63, 3.8) is 0 Å². The maximum atomic E-state index is 10.4. The summed E-state index contributed by atoms with van der Waals surface area (Å²) >= 11 is 0.